The van der Waals surface area contributed by atoms with Crippen LogP contribution >= 0.6 is 23.5 Å². The van der Waals surface area contributed by atoms with Crippen molar-refractivity contribution in [3.63, 3.8) is 0 Å². The lowest BCUT2D eigenvalue weighted by Gasteiger charge is -2.19. The second kappa shape index (κ2) is 6.38. The smallest absolute Gasteiger partial charge is 0.0189 e. The highest BCUT2D eigenvalue weighted by molar-refractivity contribution is 8.00. The summed E-state index contributed by atoms with van der Waals surface area (Å²) in [6, 6.07) is 9.03. The Morgan fingerprint density at radius 3 is 1.50 bits per heavy atom. The average Bonchev–Trinajstić information content (AvgIpc) is 2.22. The molecule has 0 bridgehead atoms. The summed E-state index contributed by atoms with van der Waals surface area (Å²) in [5.74, 6) is 2.22. The average molecular weight is 283 g/mol. The predicted molar refractivity (Wildman–Crippen MR) is 88.5 cm³/mol. The second-order valence-corrected chi connectivity index (χ2v) is 10.2. The second-order valence-electron chi connectivity index (χ2n) is 6.62. The molecule has 0 spiro atoms. The summed E-state index contributed by atoms with van der Waals surface area (Å²) < 4.78 is 0.687. The summed E-state index contributed by atoms with van der Waals surface area (Å²) in [7, 11) is 0. The quantitative estimate of drug-likeness (QED) is 0.689. The first-order valence-electron chi connectivity index (χ1n) is 6.51. The third-order valence-corrected chi connectivity index (χ3v) is 5.02. The molecule has 18 heavy (non-hydrogen) atoms. The van der Waals surface area contributed by atoms with Gasteiger partial charge in [-0.2, -0.15) is 23.5 Å². The fourth-order valence-corrected chi connectivity index (χ4v) is 2.97. The van der Waals surface area contributed by atoms with Gasteiger partial charge < -0.3 is 0 Å². The molecule has 0 aliphatic heterocycles. The lowest BCUT2D eigenvalue weighted by atomic mass is 10.2. The van der Waals surface area contributed by atoms with Gasteiger partial charge in [0.25, 0.3) is 0 Å². The summed E-state index contributed by atoms with van der Waals surface area (Å²) in [6.07, 6.45) is 0. The van der Waals surface area contributed by atoms with E-state index >= 15 is 0 Å². The van der Waals surface area contributed by atoms with Crippen molar-refractivity contribution in [2.24, 2.45) is 0 Å². The zero-order valence-corrected chi connectivity index (χ0v) is 14.2. The number of benzene rings is 1. The summed E-state index contributed by atoms with van der Waals surface area (Å²) in [4.78, 5) is 0. The molecule has 0 nitrogen and oxygen atoms in total. The van der Waals surface area contributed by atoms with Crippen molar-refractivity contribution >= 4 is 23.5 Å². The lowest BCUT2D eigenvalue weighted by Crippen LogP contribution is -2.08. The van der Waals surface area contributed by atoms with Gasteiger partial charge in [-0.15, -0.1) is 0 Å². The van der Waals surface area contributed by atoms with Gasteiger partial charge in [-0.1, -0.05) is 65.8 Å². The van der Waals surface area contributed by atoms with Gasteiger partial charge in [0.05, 0.1) is 0 Å². The monoisotopic (exact) mass is 282 g/mol. The van der Waals surface area contributed by atoms with Gasteiger partial charge in [-0.3, -0.25) is 0 Å². The lowest BCUT2D eigenvalue weighted by molar-refractivity contribution is 0.802. The van der Waals surface area contributed by atoms with Crippen LogP contribution in [0.3, 0.4) is 0 Å². The zero-order valence-electron chi connectivity index (χ0n) is 12.5. The Labute approximate surface area is 121 Å². The maximum Gasteiger partial charge on any atom is 0.0189 e. The zero-order chi connectivity index (χ0) is 13.8. The minimum Gasteiger partial charge on any atom is -0.151 e. The van der Waals surface area contributed by atoms with Crippen LogP contribution in [0.15, 0.2) is 24.3 Å². The van der Waals surface area contributed by atoms with E-state index in [1.807, 2.05) is 23.5 Å². The summed E-state index contributed by atoms with van der Waals surface area (Å²) in [6.45, 7) is 13.6. The molecule has 0 aliphatic rings. The summed E-state index contributed by atoms with van der Waals surface area (Å²) in [5.41, 5.74) is 2.89. The first-order valence-corrected chi connectivity index (χ1v) is 8.49. The Bertz CT molecular complexity index is 336. The number of hydrogen-bond acceptors (Lipinski definition) is 2. The van der Waals surface area contributed by atoms with Crippen LogP contribution in [0.5, 0.6) is 0 Å². The van der Waals surface area contributed by atoms with Crippen molar-refractivity contribution in [2.45, 2.75) is 62.5 Å². The molecule has 0 saturated carbocycles. The maximum absolute atomic E-state index is 2.36. The van der Waals surface area contributed by atoms with E-state index < -0.39 is 0 Å². The Hall–Kier alpha value is -0.0800. The number of thioether (sulfide) groups is 2. The molecule has 2 heteroatoms. The molecule has 0 atom stereocenters. The fraction of sp³-hybridized carbons (Fsp3) is 0.625. The van der Waals surface area contributed by atoms with E-state index in [1.165, 1.54) is 11.1 Å². The Morgan fingerprint density at radius 1 is 0.778 bits per heavy atom. The fourth-order valence-electron chi connectivity index (χ4n) is 1.41. The van der Waals surface area contributed by atoms with Crippen LogP contribution in [0, 0.1) is 0 Å². The van der Waals surface area contributed by atoms with Crippen molar-refractivity contribution in [1.29, 1.82) is 0 Å². The third kappa shape index (κ3) is 7.38. The minimum absolute atomic E-state index is 0.343. The largest absolute Gasteiger partial charge is 0.151 e. The molecule has 0 N–H and O–H groups in total. The van der Waals surface area contributed by atoms with E-state index in [-0.39, 0.29) is 0 Å². The van der Waals surface area contributed by atoms with Gasteiger partial charge in [0.15, 0.2) is 0 Å². The Balaban J connectivity index is 2.57. The normalized spacial score (nSPS) is 12.8. The van der Waals surface area contributed by atoms with E-state index in [9.17, 15) is 0 Å². The van der Waals surface area contributed by atoms with E-state index in [0.29, 0.717) is 9.49 Å². The molecule has 0 aromatic heterocycles. The van der Waals surface area contributed by atoms with Crippen LogP contribution in [0.2, 0.25) is 0 Å². The van der Waals surface area contributed by atoms with E-state index in [0.717, 1.165) is 11.5 Å². The van der Waals surface area contributed by atoms with Gasteiger partial charge in [0, 0.05) is 21.0 Å². The first kappa shape index (κ1) is 16.0. The van der Waals surface area contributed by atoms with Crippen molar-refractivity contribution in [3.05, 3.63) is 35.4 Å². The van der Waals surface area contributed by atoms with E-state index in [4.69, 9.17) is 0 Å². The highest BCUT2D eigenvalue weighted by Crippen LogP contribution is 2.30. The molecule has 0 saturated heterocycles. The van der Waals surface area contributed by atoms with Crippen LogP contribution in [-0.4, -0.2) is 9.49 Å². The van der Waals surface area contributed by atoms with Gasteiger partial charge >= 0.3 is 0 Å². The predicted octanol–water partition coefficient (Wildman–Crippen LogP) is 5.75. The van der Waals surface area contributed by atoms with Crippen LogP contribution in [0.25, 0.3) is 0 Å². The molecule has 1 rings (SSSR count). The molecule has 0 radical (unpaired) electrons. The molecule has 0 amide bonds. The third-order valence-electron chi connectivity index (χ3n) is 2.34. The molecular formula is C16H26S2. The van der Waals surface area contributed by atoms with Gasteiger partial charge in [0.2, 0.25) is 0 Å². The van der Waals surface area contributed by atoms with Crippen LogP contribution in [0.1, 0.15) is 52.7 Å². The summed E-state index contributed by atoms with van der Waals surface area (Å²) in [5, 5.41) is 0. The molecule has 0 fully saturated rings. The number of rotatable bonds is 4. The SMILES string of the molecule is CC(C)(C)SCc1cccc(CSC(C)(C)C)c1. The van der Waals surface area contributed by atoms with Crippen molar-refractivity contribution in [2.75, 3.05) is 0 Å². The van der Waals surface area contributed by atoms with Crippen LogP contribution in [0.4, 0.5) is 0 Å². The van der Waals surface area contributed by atoms with E-state index in [1.54, 1.807) is 0 Å². The molecule has 0 heterocycles. The molecule has 1 aromatic rings. The minimum atomic E-state index is 0.343. The van der Waals surface area contributed by atoms with Crippen molar-refractivity contribution in [3.8, 4) is 0 Å². The molecule has 0 aliphatic carbocycles. The molecule has 0 unspecified atom stereocenters. The molecular weight excluding hydrogens is 256 g/mol. The summed E-state index contributed by atoms with van der Waals surface area (Å²) >= 11 is 4.02. The van der Waals surface area contributed by atoms with Gasteiger partial charge in [-0.05, 0) is 11.1 Å². The standard InChI is InChI=1S/C16H26S2/c1-15(2,3)17-11-13-8-7-9-14(10-13)12-18-16(4,5)6/h7-10H,11-12H2,1-6H3. The Morgan fingerprint density at radius 2 is 1.17 bits per heavy atom. The van der Waals surface area contributed by atoms with E-state index in [2.05, 4.69) is 65.8 Å². The maximum atomic E-state index is 2.36. The van der Waals surface area contributed by atoms with Crippen LogP contribution in [-0.2, 0) is 11.5 Å². The highest BCUT2D eigenvalue weighted by atomic mass is 32.2. The first-order chi connectivity index (χ1) is 8.16. The molecule has 102 valence electrons. The van der Waals surface area contributed by atoms with Gasteiger partial charge in [-0.25, -0.2) is 0 Å². The van der Waals surface area contributed by atoms with Gasteiger partial charge in [0.1, 0.15) is 0 Å². The highest BCUT2D eigenvalue weighted by Gasteiger charge is 2.12. The van der Waals surface area contributed by atoms with Crippen molar-refractivity contribution < 1.29 is 0 Å². The Kier molecular flexibility index (Phi) is 5.67. The molecule has 1 aromatic carbocycles. The topological polar surface area (TPSA) is 0 Å². The van der Waals surface area contributed by atoms with Crippen LogP contribution < -0.4 is 0 Å². The van der Waals surface area contributed by atoms with Crippen molar-refractivity contribution in [1.82, 2.24) is 0 Å². The number of hydrogen-bond donors (Lipinski definition) is 0.